The molecule has 1 aromatic rings. The number of rotatable bonds is 3. The molecule has 0 radical (unpaired) electrons. The molecule has 0 saturated heterocycles. The minimum absolute atomic E-state index is 0. The van der Waals surface area contributed by atoms with Gasteiger partial charge in [-0.25, -0.2) is 0 Å². The van der Waals surface area contributed by atoms with Crippen LogP contribution in [-0.4, -0.2) is 19.0 Å². The van der Waals surface area contributed by atoms with Crippen molar-refractivity contribution in [2.24, 2.45) is 16.6 Å². The molecule has 0 amide bonds. The molecule has 0 aromatic heterocycles. The number of halogens is 4. The van der Waals surface area contributed by atoms with Crippen molar-refractivity contribution in [3.8, 4) is 11.8 Å². The third kappa shape index (κ3) is 6.69. The predicted molar refractivity (Wildman–Crippen MR) is 95.6 cm³/mol. The topological polar surface area (TPSA) is 50.4 Å². The Morgan fingerprint density at radius 1 is 1.26 bits per heavy atom. The zero-order chi connectivity index (χ0) is 16.0. The summed E-state index contributed by atoms with van der Waals surface area (Å²) in [5.74, 6) is 6.59. The molecule has 1 fully saturated rings. The van der Waals surface area contributed by atoms with E-state index in [4.69, 9.17) is 5.73 Å². The van der Waals surface area contributed by atoms with E-state index in [-0.39, 0.29) is 24.0 Å². The first-order chi connectivity index (χ1) is 10.4. The first kappa shape index (κ1) is 19.6. The largest absolute Gasteiger partial charge is 0.416 e. The number of hydrogen-bond acceptors (Lipinski definition) is 1. The lowest BCUT2D eigenvalue weighted by Crippen LogP contribution is -2.32. The van der Waals surface area contributed by atoms with E-state index in [1.807, 2.05) is 0 Å². The SMILES string of the molecule is I.NC(=NCC1CCC1)NCC#Cc1ccc(C(F)(F)F)cc1. The summed E-state index contributed by atoms with van der Waals surface area (Å²) in [7, 11) is 0. The molecule has 1 aliphatic carbocycles. The standard InChI is InChI=1S/C16H18F3N3.HI/c17-16(18,19)14-8-6-12(7-9-14)5-2-10-21-15(20)22-11-13-3-1-4-13;/h6-9,13H,1,3-4,10-11H2,(H3,20,21,22);1H. The van der Waals surface area contributed by atoms with Gasteiger partial charge in [-0.2, -0.15) is 13.2 Å². The highest BCUT2D eigenvalue weighted by Crippen LogP contribution is 2.29. The summed E-state index contributed by atoms with van der Waals surface area (Å²) in [6.07, 6.45) is -0.625. The van der Waals surface area contributed by atoms with Crippen molar-refractivity contribution in [2.75, 3.05) is 13.1 Å². The molecule has 1 saturated carbocycles. The number of hydrogen-bond donors (Lipinski definition) is 2. The zero-order valence-corrected chi connectivity index (χ0v) is 14.8. The Labute approximate surface area is 150 Å². The second kappa shape index (κ2) is 9.01. The lowest BCUT2D eigenvalue weighted by molar-refractivity contribution is -0.137. The van der Waals surface area contributed by atoms with Crippen LogP contribution >= 0.6 is 24.0 Å². The van der Waals surface area contributed by atoms with Crippen LogP contribution < -0.4 is 11.1 Å². The number of nitrogens with one attached hydrogen (secondary N) is 1. The third-order valence-corrected chi connectivity index (χ3v) is 3.55. The number of nitrogens with zero attached hydrogens (tertiary/aromatic N) is 1. The molecule has 3 N–H and O–H groups in total. The van der Waals surface area contributed by atoms with Crippen molar-refractivity contribution in [1.29, 1.82) is 0 Å². The molecule has 0 atom stereocenters. The minimum Gasteiger partial charge on any atom is -0.370 e. The van der Waals surface area contributed by atoms with E-state index in [9.17, 15) is 13.2 Å². The van der Waals surface area contributed by atoms with Crippen molar-refractivity contribution in [3.63, 3.8) is 0 Å². The first-order valence-electron chi connectivity index (χ1n) is 7.15. The fourth-order valence-electron chi connectivity index (χ4n) is 1.98. The van der Waals surface area contributed by atoms with Gasteiger partial charge in [0.05, 0.1) is 12.1 Å². The fraction of sp³-hybridized carbons (Fsp3) is 0.438. The van der Waals surface area contributed by atoms with Crippen LogP contribution in [-0.2, 0) is 6.18 Å². The maximum atomic E-state index is 12.4. The Bertz CT molecular complexity index is 581. The Morgan fingerprint density at radius 3 is 2.43 bits per heavy atom. The van der Waals surface area contributed by atoms with Crippen molar-refractivity contribution in [2.45, 2.75) is 25.4 Å². The van der Waals surface area contributed by atoms with Gasteiger partial charge in [0.25, 0.3) is 0 Å². The van der Waals surface area contributed by atoms with Gasteiger partial charge in [0.1, 0.15) is 0 Å². The molecule has 126 valence electrons. The van der Waals surface area contributed by atoms with Crippen molar-refractivity contribution in [3.05, 3.63) is 35.4 Å². The average molecular weight is 437 g/mol. The summed E-state index contributed by atoms with van der Waals surface area (Å²) in [6.45, 7) is 1.05. The Kier molecular flexibility index (Phi) is 7.68. The maximum Gasteiger partial charge on any atom is 0.416 e. The summed E-state index contributed by atoms with van der Waals surface area (Å²) in [5, 5.41) is 2.87. The van der Waals surface area contributed by atoms with Crippen molar-refractivity contribution < 1.29 is 13.2 Å². The van der Waals surface area contributed by atoms with E-state index in [0.29, 0.717) is 24.0 Å². The van der Waals surface area contributed by atoms with Gasteiger partial charge in [0.15, 0.2) is 5.96 Å². The molecular formula is C16H19F3IN3. The molecule has 0 aliphatic heterocycles. The van der Waals surface area contributed by atoms with Crippen LogP contribution in [0.4, 0.5) is 13.2 Å². The van der Waals surface area contributed by atoms with E-state index in [1.54, 1.807) is 0 Å². The Morgan fingerprint density at radius 2 is 1.91 bits per heavy atom. The molecule has 0 unspecified atom stereocenters. The quantitative estimate of drug-likeness (QED) is 0.330. The highest BCUT2D eigenvalue weighted by Gasteiger charge is 2.29. The van der Waals surface area contributed by atoms with Gasteiger partial charge in [-0.1, -0.05) is 18.3 Å². The second-order valence-corrected chi connectivity index (χ2v) is 5.25. The molecule has 2 rings (SSSR count). The molecule has 1 aromatic carbocycles. The molecule has 3 nitrogen and oxygen atoms in total. The van der Waals surface area contributed by atoms with Gasteiger partial charge in [-0.3, -0.25) is 4.99 Å². The molecule has 0 spiro atoms. The van der Waals surface area contributed by atoms with E-state index in [1.165, 1.54) is 31.4 Å². The lowest BCUT2D eigenvalue weighted by Gasteiger charge is -2.23. The number of benzene rings is 1. The van der Waals surface area contributed by atoms with Crippen LogP contribution in [0.15, 0.2) is 29.3 Å². The van der Waals surface area contributed by atoms with E-state index in [2.05, 4.69) is 22.2 Å². The monoisotopic (exact) mass is 437 g/mol. The van der Waals surface area contributed by atoms with Gasteiger partial charge < -0.3 is 11.1 Å². The van der Waals surface area contributed by atoms with Gasteiger partial charge in [-0.15, -0.1) is 24.0 Å². The first-order valence-corrected chi connectivity index (χ1v) is 7.15. The van der Waals surface area contributed by atoms with Gasteiger partial charge >= 0.3 is 6.18 Å². The normalized spacial score (nSPS) is 15.0. The molecule has 0 bridgehead atoms. The Hall–Kier alpha value is -1.43. The predicted octanol–water partition coefficient (Wildman–Crippen LogP) is 3.38. The van der Waals surface area contributed by atoms with Crippen LogP contribution in [0.25, 0.3) is 0 Å². The van der Waals surface area contributed by atoms with Crippen LogP contribution in [0.3, 0.4) is 0 Å². The van der Waals surface area contributed by atoms with E-state index >= 15 is 0 Å². The third-order valence-electron chi connectivity index (χ3n) is 3.55. The summed E-state index contributed by atoms with van der Waals surface area (Å²) in [4.78, 5) is 4.22. The van der Waals surface area contributed by atoms with Gasteiger partial charge in [0, 0.05) is 12.1 Å². The highest BCUT2D eigenvalue weighted by atomic mass is 127. The molecule has 0 heterocycles. The average Bonchev–Trinajstić information content (AvgIpc) is 2.41. The zero-order valence-electron chi connectivity index (χ0n) is 12.5. The van der Waals surface area contributed by atoms with Crippen LogP contribution in [0.1, 0.15) is 30.4 Å². The summed E-state index contributed by atoms with van der Waals surface area (Å²) < 4.78 is 37.2. The summed E-state index contributed by atoms with van der Waals surface area (Å²) in [5.41, 5.74) is 5.54. The summed E-state index contributed by atoms with van der Waals surface area (Å²) in [6, 6.07) is 4.74. The lowest BCUT2D eigenvalue weighted by atomic mass is 9.86. The Balaban J connectivity index is 0.00000264. The molecule has 23 heavy (non-hydrogen) atoms. The van der Waals surface area contributed by atoms with Gasteiger partial charge in [0.2, 0.25) is 0 Å². The number of aliphatic imine (C=N–C) groups is 1. The molecule has 1 aliphatic rings. The van der Waals surface area contributed by atoms with E-state index < -0.39 is 11.7 Å². The molecule has 7 heteroatoms. The highest BCUT2D eigenvalue weighted by molar-refractivity contribution is 14.0. The van der Waals surface area contributed by atoms with Gasteiger partial charge in [-0.05, 0) is 43.0 Å². The summed E-state index contributed by atoms with van der Waals surface area (Å²) >= 11 is 0. The number of guanidine groups is 1. The number of alkyl halides is 3. The minimum atomic E-state index is -4.32. The number of nitrogens with two attached hydrogens (primary N) is 1. The second-order valence-electron chi connectivity index (χ2n) is 5.25. The smallest absolute Gasteiger partial charge is 0.370 e. The van der Waals surface area contributed by atoms with Crippen molar-refractivity contribution >= 4 is 29.9 Å². The van der Waals surface area contributed by atoms with Crippen LogP contribution in [0, 0.1) is 17.8 Å². The van der Waals surface area contributed by atoms with Crippen LogP contribution in [0.2, 0.25) is 0 Å². The fourth-order valence-corrected chi connectivity index (χ4v) is 1.98. The van der Waals surface area contributed by atoms with Crippen LogP contribution in [0.5, 0.6) is 0 Å². The molecular weight excluding hydrogens is 418 g/mol. The maximum absolute atomic E-state index is 12.4. The van der Waals surface area contributed by atoms with Crippen molar-refractivity contribution in [1.82, 2.24) is 5.32 Å². The van der Waals surface area contributed by atoms with E-state index in [0.717, 1.165) is 18.7 Å².